The van der Waals surface area contributed by atoms with Gasteiger partial charge in [0.25, 0.3) is 0 Å². The van der Waals surface area contributed by atoms with Crippen LogP contribution in [0.2, 0.25) is 0 Å². The Morgan fingerprint density at radius 1 is 0.604 bits per heavy atom. The van der Waals surface area contributed by atoms with E-state index in [2.05, 4.69) is 148 Å². The predicted molar refractivity (Wildman–Crippen MR) is 203 cm³/mol. The highest BCUT2D eigenvalue weighted by Crippen LogP contribution is 2.47. The molecule has 232 valence electrons. The van der Waals surface area contributed by atoms with Crippen molar-refractivity contribution in [2.24, 2.45) is 5.73 Å². The van der Waals surface area contributed by atoms with E-state index >= 15 is 0 Å². The van der Waals surface area contributed by atoms with Crippen LogP contribution in [0.5, 0.6) is 0 Å². The molecule has 48 heavy (non-hydrogen) atoms. The summed E-state index contributed by atoms with van der Waals surface area (Å²) in [5, 5.41) is 9.99. The molecule has 0 aliphatic heterocycles. The van der Waals surface area contributed by atoms with Gasteiger partial charge in [-0.25, -0.2) is 10.4 Å². The second kappa shape index (κ2) is 12.1. The third-order valence-electron chi connectivity index (χ3n) is 9.48. The van der Waals surface area contributed by atoms with Crippen LogP contribution in [0.15, 0.2) is 158 Å². The lowest BCUT2D eigenvalue weighted by molar-refractivity contribution is 0.113. The summed E-state index contributed by atoms with van der Waals surface area (Å²) in [7, 11) is 0. The summed E-state index contributed by atoms with van der Waals surface area (Å²) in [5.74, 6) is 0. The van der Waals surface area contributed by atoms with Crippen LogP contribution in [0.4, 0.5) is 0 Å². The maximum absolute atomic E-state index is 6.87. The van der Waals surface area contributed by atoms with Gasteiger partial charge < -0.3 is 10.3 Å². The molecule has 0 aliphatic rings. The molecular formula is C43H34N4S. The summed E-state index contributed by atoms with van der Waals surface area (Å²) in [6, 6.07) is 56.3. The molecule has 0 radical (unpaired) electrons. The quantitative estimate of drug-likeness (QED) is 0.129. The Hall–Kier alpha value is -5.30. The zero-order valence-electron chi connectivity index (χ0n) is 26.4. The average molecular weight is 639 g/mol. The number of nitrogens with two attached hydrogens (primary N) is 1. The molecule has 0 fully saturated rings. The van der Waals surface area contributed by atoms with E-state index in [-0.39, 0.29) is 6.17 Å². The van der Waals surface area contributed by atoms with Crippen molar-refractivity contribution in [3.63, 3.8) is 0 Å². The van der Waals surface area contributed by atoms with E-state index in [1.54, 1.807) is 0 Å². The van der Waals surface area contributed by atoms with Crippen molar-refractivity contribution in [2.75, 3.05) is 0 Å². The molecule has 0 saturated heterocycles. The minimum absolute atomic E-state index is 0.304. The number of aromatic nitrogens is 1. The molecule has 3 N–H and O–H groups in total. The lowest BCUT2D eigenvalue weighted by atomic mass is 9.99. The first-order valence-corrected chi connectivity index (χ1v) is 17.3. The normalized spacial score (nSPS) is 12.6. The fourth-order valence-electron chi connectivity index (χ4n) is 7.26. The van der Waals surface area contributed by atoms with Crippen LogP contribution in [0.25, 0.3) is 58.4 Å². The van der Waals surface area contributed by atoms with Crippen molar-refractivity contribution in [3.05, 3.63) is 174 Å². The molecule has 1 unspecified atom stereocenters. The van der Waals surface area contributed by atoms with Crippen LogP contribution in [0, 0.1) is 0 Å². The molecule has 1 atom stereocenters. The van der Waals surface area contributed by atoms with Crippen LogP contribution in [0.3, 0.4) is 0 Å². The van der Waals surface area contributed by atoms with E-state index in [4.69, 9.17) is 5.73 Å². The minimum atomic E-state index is -0.304. The number of nitrogens with zero attached hydrogens (tertiary/aromatic N) is 2. The highest BCUT2D eigenvalue weighted by Gasteiger charge is 2.22. The average Bonchev–Trinajstić information content (AvgIpc) is 3.71. The summed E-state index contributed by atoms with van der Waals surface area (Å²) < 4.78 is 5.12. The maximum atomic E-state index is 6.87. The smallest absolute Gasteiger partial charge is 0.0971 e. The molecule has 0 saturated carbocycles. The number of nitrogens with one attached hydrogen (secondary N) is 1. The topological polar surface area (TPSA) is 46.2 Å². The van der Waals surface area contributed by atoms with Gasteiger partial charge in [-0.15, -0.1) is 11.3 Å². The van der Waals surface area contributed by atoms with E-state index < -0.39 is 0 Å². The van der Waals surface area contributed by atoms with Crippen molar-refractivity contribution >= 4 is 64.1 Å². The van der Waals surface area contributed by atoms with Crippen molar-refractivity contribution in [2.45, 2.75) is 19.3 Å². The number of benzene rings is 7. The first kappa shape index (κ1) is 28.9. The molecule has 0 bridgehead atoms. The second-order valence-electron chi connectivity index (χ2n) is 12.4. The van der Waals surface area contributed by atoms with Crippen LogP contribution >= 0.6 is 11.3 Å². The molecule has 4 nitrogen and oxygen atoms in total. The third-order valence-corrected chi connectivity index (χ3v) is 10.7. The molecular weight excluding hydrogens is 605 g/mol. The highest BCUT2D eigenvalue weighted by molar-refractivity contribution is 7.27. The fraction of sp³-hybridized carbons (Fsp3) is 0.0698. The van der Waals surface area contributed by atoms with Crippen molar-refractivity contribution in [3.8, 4) is 5.69 Å². The van der Waals surface area contributed by atoms with Gasteiger partial charge in [0.1, 0.15) is 0 Å². The first-order valence-electron chi connectivity index (χ1n) is 16.4. The van der Waals surface area contributed by atoms with Crippen LogP contribution in [-0.2, 0) is 13.1 Å². The Morgan fingerprint density at radius 3 is 2.02 bits per heavy atom. The second-order valence-corrected chi connectivity index (χ2v) is 13.5. The zero-order chi connectivity index (χ0) is 32.0. The van der Waals surface area contributed by atoms with E-state index in [1.165, 1.54) is 63.9 Å². The number of hydrogen-bond acceptors (Lipinski definition) is 4. The summed E-state index contributed by atoms with van der Waals surface area (Å²) >= 11 is 1.90. The van der Waals surface area contributed by atoms with Gasteiger partial charge in [0.15, 0.2) is 0 Å². The third kappa shape index (κ3) is 4.88. The monoisotopic (exact) mass is 638 g/mol. The molecule has 0 amide bonds. The van der Waals surface area contributed by atoms with E-state index in [0.717, 1.165) is 11.3 Å². The molecule has 9 aromatic rings. The highest BCUT2D eigenvalue weighted by atomic mass is 32.1. The number of fused-ring (bicyclic) bond motifs is 10. The van der Waals surface area contributed by atoms with Gasteiger partial charge in [-0.3, -0.25) is 0 Å². The van der Waals surface area contributed by atoms with Gasteiger partial charge in [-0.05, 0) is 51.7 Å². The first-order chi connectivity index (χ1) is 23.7. The number of thiophene rings is 1. The standard InChI is InChI=1S/C43H34N4S/c44-43(31-17-5-2-6-18-31)46(28-29-14-3-1-4-15-29)45-27-30-16-13-19-32(26-30)47-37-24-11-9-22-35(37)39-33-20-7-8-21-34(33)40-36-23-10-12-25-38(36)48-42(40)41(39)47/h1-26,43,45H,27-28,44H2. The molecule has 2 heterocycles. The molecule has 5 heteroatoms. The fourth-order valence-corrected chi connectivity index (χ4v) is 8.51. The van der Waals surface area contributed by atoms with E-state index in [0.29, 0.717) is 13.1 Å². The van der Waals surface area contributed by atoms with Gasteiger partial charge in [0, 0.05) is 45.0 Å². The number of hydrogen-bond donors (Lipinski definition) is 2. The Balaban J connectivity index is 1.18. The summed E-state index contributed by atoms with van der Waals surface area (Å²) in [6.07, 6.45) is -0.304. The van der Waals surface area contributed by atoms with Gasteiger partial charge in [-0.2, -0.15) is 0 Å². The lowest BCUT2D eigenvalue weighted by Crippen LogP contribution is -2.43. The Labute approximate surface area is 283 Å². The summed E-state index contributed by atoms with van der Waals surface area (Å²) in [5.41, 5.74) is 17.7. The Kier molecular flexibility index (Phi) is 7.25. The van der Waals surface area contributed by atoms with Crippen molar-refractivity contribution < 1.29 is 0 Å². The number of hydrazine groups is 1. The molecule has 9 rings (SSSR count). The van der Waals surface area contributed by atoms with E-state index in [1.807, 2.05) is 35.6 Å². The predicted octanol–water partition coefficient (Wildman–Crippen LogP) is 10.5. The largest absolute Gasteiger partial charge is 0.311 e. The van der Waals surface area contributed by atoms with Crippen molar-refractivity contribution in [1.29, 1.82) is 0 Å². The van der Waals surface area contributed by atoms with Gasteiger partial charge >= 0.3 is 0 Å². The molecule has 0 spiro atoms. The zero-order valence-corrected chi connectivity index (χ0v) is 27.2. The minimum Gasteiger partial charge on any atom is -0.311 e. The van der Waals surface area contributed by atoms with Gasteiger partial charge in [0.05, 0.1) is 21.9 Å². The molecule has 2 aromatic heterocycles. The van der Waals surface area contributed by atoms with Crippen LogP contribution in [-0.4, -0.2) is 9.58 Å². The molecule has 7 aromatic carbocycles. The van der Waals surface area contributed by atoms with Gasteiger partial charge in [-0.1, -0.05) is 133 Å². The van der Waals surface area contributed by atoms with Crippen molar-refractivity contribution in [1.82, 2.24) is 15.0 Å². The maximum Gasteiger partial charge on any atom is 0.0971 e. The summed E-state index contributed by atoms with van der Waals surface area (Å²) in [6.45, 7) is 1.32. The van der Waals surface area contributed by atoms with Crippen LogP contribution in [0.1, 0.15) is 22.9 Å². The summed E-state index contributed by atoms with van der Waals surface area (Å²) in [4.78, 5) is 0. The van der Waals surface area contributed by atoms with Gasteiger partial charge in [0.2, 0.25) is 0 Å². The lowest BCUT2D eigenvalue weighted by Gasteiger charge is -2.30. The Bertz CT molecular complexity index is 2570. The van der Waals surface area contributed by atoms with E-state index in [9.17, 15) is 0 Å². The number of para-hydroxylation sites is 1. The Morgan fingerprint density at radius 2 is 1.23 bits per heavy atom. The number of rotatable bonds is 8. The SMILES string of the molecule is NC(c1ccccc1)N(Cc1ccccc1)NCc1cccc(-n2c3ccccc3c3c4ccccc4c4c5ccccc5sc4c32)c1. The van der Waals surface area contributed by atoms with Crippen LogP contribution < -0.4 is 11.2 Å². The molecule has 0 aliphatic carbocycles.